The average Bonchev–Trinajstić information content (AvgIpc) is 2.85. The fourth-order valence-corrected chi connectivity index (χ4v) is 6.08. The molecule has 1 heteroatoms. The molecule has 0 unspecified atom stereocenters. The van der Waals surface area contributed by atoms with Crippen molar-refractivity contribution >= 4 is 0 Å². The maximum absolute atomic E-state index is 9.74. The van der Waals surface area contributed by atoms with E-state index in [2.05, 4.69) is 19.9 Å². The van der Waals surface area contributed by atoms with Crippen LogP contribution in [0.4, 0.5) is 0 Å². The molecule has 5 atom stereocenters. The molecule has 2 fully saturated rings. The lowest BCUT2D eigenvalue weighted by atomic mass is 9.58. The zero-order valence-corrected chi connectivity index (χ0v) is 13.4. The molecular weight excluding hydrogens is 256 g/mol. The molecule has 0 spiro atoms. The van der Waals surface area contributed by atoms with Gasteiger partial charge in [-0.2, -0.15) is 0 Å². The highest BCUT2D eigenvalue weighted by Gasteiger charge is 2.51. The fraction of sp³-hybridized carbons (Fsp3) is 0.700. The lowest BCUT2D eigenvalue weighted by molar-refractivity contribution is 0.0740. The van der Waals surface area contributed by atoms with Crippen molar-refractivity contribution in [2.75, 3.05) is 0 Å². The van der Waals surface area contributed by atoms with Crippen LogP contribution in [0.5, 0.6) is 5.75 Å². The van der Waals surface area contributed by atoms with Crippen molar-refractivity contribution in [3.8, 4) is 5.75 Å². The molecule has 1 nitrogen and oxygen atoms in total. The van der Waals surface area contributed by atoms with Crippen LogP contribution in [0.25, 0.3) is 0 Å². The Morgan fingerprint density at radius 3 is 2.81 bits per heavy atom. The van der Waals surface area contributed by atoms with Crippen LogP contribution in [-0.4, -0.2) is 5.11 Å². The molecule has 4 rings (SSSR count). The van der Waals surface area contributed by atoms with E-state index in [0.717, 1.165) is 23.7 Å². The van der Waals surface area contributed by atoms with Crippen molar-refractivity contribution in [1.82, 2.24) is 0 Å². The maximum atomic E-state index is 9.74. The van der Waals surface area contributed by atoms with Crippen molar-refractivity contribution in [3.05, 3.63) is 29.3 Å². The highest BCUT2D eigenvalue weighted by atomic mass is 16.3. The van der Waals surface area contributed by atoms with Crippen LogP contribution in [0.15, 0.2) is 18.2 Å². The maximum Gasteiger partial charge on any atom is 0.115 e. The second kappa shape index (κ2) is 4.76. The van der Waals surface area contributed by atoms with Gasteiger partial charge >= 0.3 is 0 Å². The average molecular weight is 284 g/mol. The second-order valence-corrected chi connectivity index (χ2v) is 8.09. The number of rotatable bonds is 1. The van der Waals surface area contributed by atoms with Crippen molar-refractivity contribution < 1.29 is 5.11 Å². The summed E-state index contributed by atoms with van der Waals surface area (Å²) < 4.78 is 0. The van der Waals surface area contributed by atoms with Gasteiger partial charge in [0.1, 0.15) is 5.75 Å². The van der Waals surface area contributed by atoms with E-state index in [4.69, 9.17) is 0 Å². The van der Waals surface area contributed by atoms with Gasteiger partial charge in [-0.15, -0.1) is 0 Å². The van der Waals surface area contributed by atoms with Gasteiger partial charge in [0.25, 0.3) is 0 Å². The minimum atomic E-state index is 0.445. The predicted octanol–water partition coefficient (Wildman–Crippen LogP) is 5.27. The number of aromatic hydroxyl groups is 1. The van der Waals surface area contributed by atoms with Crippen molar-refractivity contribution in [1.29, 1.82) is 0 Å². The van der Waals surface area contributed by atoms with Gasteiger partial charge in [-0.1, -0.05) is 26.3 Å². The van der Waals surface area contributed by atoms with Gasteiger partial charge in [0.15, 0.2) is 0 Å². The number of aryl methyl sites for hydroxylation is 1. The molecular formula is C20H28O. The molecule has 114 valence electrons. The van der Waals surface area contributed by atoms with E-state index in [9.17, 15) is 5.11 Å². The third kappa shape index (κ3) is 1.96. The summed E-state index contributed by atoms with van der Waals surface area (Å²) in [7, 11) is 0. The van der Waals surface area contributed by atoms with Crippen LogP contribution in [0.3, 0.4) is 0 Å². The van der Waals surface area contributed by atoms with Crippen LogP contribution in [0.2, 0.25) is 0 Å². The number of phenolic OH excluding ortho intramolecular Hbond substituents is 1. The number of hydrogen-bond acceptors (Lipinski definition) is 1. The summed E-state index contributed by atoms with van der Waals surface area (Å²) in [5.74, 6) is 4.07. The standard InChI is InChI=1S/C20H28O/c1-3-20(2)11-10-18-17-6-4-13-12-14(21)5-7-15(13)16(17)8-9-19(18)20/h5,7,12,16-19,21H,3-4,6,8-11H2,1-2H3/t16-,17-,18+,19-,20+/m0/s1. The lowest BCUT2D eigenvalue weighted by Gasteiger charge is -2.47. The van der Waals surface area contributed by atoms with Crippen LogP contribution in [0, 0.1) is 23.2 Å². The van der Waals surface area contributed by atoms with Crippen LogP contribution in [0.1, 0.15) is 69.4 Å². The third-order valence-corrected chi connectivity index (χ3v) is 7.40. The minimum Gasteiger partial charge on any atom is -0.508 e. The SMILES string of the molecule is CC[C@]1(C)CC[C@@H]2[C@H]3CCc4cc(O)ccc4[C@@H]3CC[C@@H]21. The first kappa shape index (κ1) is 13.7. The van der Waals surface area contributed by atoms with Crippen molar-refractivity contribution in [2.45, 2.75) is 64.7 Å². The Morgan fingerprint density at radius 2 is 2.00 bits per heavy atom. The van der Waals surface area contributed by atoms with Crippen LogP contribution < -0.4 is 0 Å². The molecule has 21 heavy (non-hydrogen) atoms. The van der Waals surface area contributed by atoms with Crippen molar-refractivity contribution in [3.63, 3.8) is 0 Å². The van der Waals surface area contributed by atoms with E-state index in [1.54, 1.807) is 5.56 Å². The molecule has 1 N–H and O–H groups in total. The molecule has 1 aromatic rings. The van der Waals surface area contributed by atoms with E-state index >= 15 is 0 Å². The lowest BCUT2D eigenvalue weighted by Crippen LogP contribution is -2.38. The van der Waals surface area contributed by atoms with Crippen molar-refractivity contribution in [2.24, 2.45) is 23.2 Å². The molecule has 0 heterocycles. The molecule has 0 aromatic heterocycles. The predicted molar refractivity (Wildman–Crippen MR) is 86.5 cm³/mol. The minimum absolute atomic E-state index is 0.445. The highest BCUT2D eigenvalue weighted by molar-refractivity contribution is 5.40. The molecule has 0 radical (unpaired) electrons. The topological polar surface area (TPSA) is 20.2 Å². The third-order valence-electron chi connectivity index (χ3n) is 7.40. The quantitative estimate of drug-likeness (QED) is 0.744. The number of fused-ring (bicyclic) bond motifs is 5. The normalized spacial score (nSPS) is 41.2. The first-order valence-electron chi connectivity index (χ1n) is 8.94. The summed E-state index contributed by atoms with van der Waals surface area (Å²) in [6.45, 7) is 4.94. The Kier molecular flexibility index (Phi) is 3.10. The molecule has 1 aromatic carbocycles. The van der Waals surface area contributed by atoms with Gasteiger partial charge < -0.3 is 5.11 Å². The second-order valence-electron chi connectivity index (χ2n) is 8.09. The number of hydrogen-bond donors (Lipinski definition) is 1. The van der Waals surface area contributed by atoms with Gasteiger partial charge in [-0.3, -0.25) is 0 Å². The first-order valence-corrected chi connectivity index (χ1v) is 8.94. The number of benzene rings is 1. The van der Waals surface area contributed by atoms with Gasteiger partial charge in [-0.25, -0.2) is 0 Å². The van der Waals surface area contributed by atoms with Gasteiger partial charge in [0, 0.05) is 0 Å². The monoisotopic (exact) mass is 284 g/mol. The Hall–Kier alpha value is -0.980. The molecule has 0 bridgehead atoms. The molecule has 2 saturated carbocycles. The first-order chi connectivity index (χ1) is 10.1. The summed E-state index contributed by atoms with van der Waals surface area (Å²) in [6.07, 6.45) is 9.60. The molecule has 0 saturated heterocycles. The highest BCUT2D eigenvalue weighted by Crippen LogP contribution is 2.61. The van der Waals surface area contributed by atoms with E-state index in [0.29, 0.717) is 11.2 Å². The molecule has 3 aliphatic carbocycles. The van der Waals surface area contributed by atoms with Gasteiger partial charge in [0.2, 0.25) is 0 Å². The molecule has 0 amide bonds. The van der Waals surface area contributed by atoms with Gasteiger partial charge in [0.05, 0.1) is 0 Å². The number of phenols is 1. The summed E-state index contributed by atoms with van der Waals surface area (Å²) in [6, 6.07) is 6.14. The smallest absolute Gasteiger partial charge is 0.115 e. The Labute approximate surface area is 128 Å². The fourth-order valence-electron chi connectivity index (χ4n) is 6.08. The molecule has 0 aliphatic heterocycles. The summed E-state index contributed by atoms with van der Waals surface area (Å²) in [5.41, 5.74) is 3.60. The Morgan fingerprint density at radius 1 is 1.14 bits per heavy atom. The van der Waals surface area contributed by atoms with Crippen LogP contribution in [-0.2, 0) is 6.42 Å². The Bertz CT molecular complexity index is 549. The zero-order chi connectivity index (χ0) is 14.6. The largest absolute Gasteiger partial charge is 0.508 e. The Balaban J connectivity index is 1.66. The van der Waals surface area contributed by atoms with Gasteiger partial charge in [-0.05, 0) is 90.9 Å². The summed E-state index contributed by atoms with van der Waals surface area (Å²) in [4.78, 5) is 0. The van der Waals surface area contributed by atoms with E-state index in [1.807, 2.05) is 12.1 Å². The van der Waals surface area contributed by atoms with E-state index in [-0.39, 0.29) is 0 Å². The summed E-state index contributed by atoms with van der Waals surface area (Å²) >= 11 is 0. The van der Waals surface area contributed by atoms with E-state index in [1.165, 1.54) is 50.5 Å². The van der Waals surface area contributed by atoms with Crippen LogP contribution >= 0.6 is 0 Å². The summed E-state index contributed by atoms with van der Waals surface area (Å²) in [5, 5.41) is 9.74. The molecule has 3 aliphatic rings. The van der Waals surface area contributed by atoms with E-state index < -0.39 is 0 Å². The zero-order valence-electron chi connectivity index (χ0n) is 13.4.